The third-order valence-corrected chi connectivity index (χ3v) is 5.74. The van der Waals surface area contributed by atoms with Crippen molar-refractivity contribution in [3.05, 3.63) is 59.8 Å². The highest BCUT2D eigenvalue weighted by molar-refractivity contribution is 5.93. The summed E-state index contributed by atoms with van der Waals surface area (Å²) in [5.41, 5.74) is 3.16. The van der Waals surface area contributed by atoms with Crippen molar-refractivity contribution in [3.63, 3.8) is 0 Å². The van der Waals surface area contributed by atoms with Gasteiger partial charge in [0.25, 0.3) is 0 Å². The second kappa shape index (κ2) is 10.8. The molecule has 1 aromatic heterocycles. The van der Waals surface area contributed by atoms with Crippen molar-refractivity contribution in [3.8, 4) is 11.8 Å². The summed E-state index contributed by atoms with van der Waals surface area (Å²) in [5, 5.41) is 15.5. The summed E-state index contributed by atoms with van der Waals surface area (Å²) in [5.74, 6) is 0.331. The normalized spacial score (nSPS) is 14.5. The van der Waals surface area contributed by atoms with Gasteiger partial charge in [-0.2, -0.15) is 5.26 Å². The number of nitriles is 1. The predicted octanol–water partition coefficient (Wildman–Crippen LogP) is 1.82. The summed E-state index contributed by atoms with van der Waals surface area (Å²) in [6.07, 6.45) is 1.66. The van der Waals surface area contributed by atoms with E-state index in [2.05, 4.69) is 33.1 Å². The fourth-order valence-corrected chi connectivity index (χ4v) is 3.89. The molecule has 0 aliphatic carbocycles. The molecule has 32 heavy (non-hydrogen) atoms. The van der Waals surface area contributed by atoms with E-state index in [9.17, 15) is 14.9 Å². The molecule has 0 radical (unpaired) electrons. The van der Waals surface area contributed by atoms with Crippen LogP contribution in [0.4, 0.5) is 5.82 Å². The molecule has 1 aliphatic heterocycles. The number of para-hydroxylation sites is 1. The number of aromatic nitrogens is 1. The fraction of sp³-hybridized carbons (Fsp3) is 0.375. The maximum absolute atomic E-state index is 12.9. The predicted molar refractivity (Wildman–Crippen MR) is 125 cm³/mol. The first kappa shape index (κ1) is 23.3. The number of benzene rings is 1. The van der Waals surface area contributed by atoms with E-state index in [0.29, 0.717) is 37.6 Å². The van der Waals surface area contributed by atoms with Gasteiger partial charge in [-0.05, 0) is 31.5 Å². The summed E-state index contributed by atoms with van der Waals surface area (Å²) in [7, 11) is 0. The lowest BCUT2D eigenvalue weighted by Gasteiger charge is -2.33. The van der Waals surface area contributed by atoms with Crippen molar-refractivity contribution in [2.75, 3.05) is 51.1 Å². The van der Waals surface area contributed by atoms with Crippen molar-refractivity contribution < 1.29 is 9.59 Å². The lowest BCUT2D eigenvalue weighted by atomic mass is 10.2. The molecular formula is C24H30N6O2. The van der Waals surface area contributed by atoms with E-state index in [-0.39, 0.29) is 18.4 Å². The number of carbonyl (C=O) groups excluding carboxylic acids is 2. The number of hydrogen-bond acceptors (Lipinski definition) is 5. The lowest BCUT2D eigenvalue weighted by molar-refractivity contribution is -0.123. The van der Waals surface area contributed by atoms with E-state index in [1.54, 1.807) is 6.08 Å². The molecule has 2 heterocycles. The average Bonchev–Trinajstić information content (AvgIpc) is 3.03. The number of hydrogen-bond donors (Lipinski definition) is 2. The second-order valence-corrected chi connectivity index (χ2v) is 7.91. The maximum Gasteiger partial charge on any atom is 0.239 e. The molecule has 0 spiro atoms. The van der Waals surface area contributed by atoms with Gasteiger partial charge in [-0.25, -0.2) is 0 Å². The third-order valence-electron chi connectivity index (χ3n) is 5.74. The van der Waals surface area contributed by atoms with E-state index in [4.69, 9.17) is 0 Å². The summed E-state index contributed by atoms with van der Waals surface area (Å²) in [4.78, 5) is 28.9. The summed E-state index contributed by atoms with van der Waals surface area (Å²) in [6, 6.07) is 11.9. The molecule has 1 aromatic carbocycles. The molecule has 2 amide bonds. The Morgan fingerprint density at radius 3 is 2.22 bits per heavy atom. The molecule has 2 N–H and O–H groups in total. The van der Waals surface area contributed by atoms with Crippen LogP contribution in [0, 0.1) is 25.2 Å². The monoisotopic (exact) mass is 434 g/mol. The number of anilines is 1. The van der Waals surface area contributed by atoms with Gasteiger partial charge in [0.05, 0.1) is 18.7 Å². The highest BCUT2D eigenvalue weighted by Gasteiger charge is 2.23. The Hall–Kier alpha value is -3.41. The SMILES string of the molecule is C=CCNC(=O)CN1CCN(CC(=O)Nc2c(C#N)c(C)c(C)n2-c2ccccc2)CC1. The summed E-state index contributed by atoms with van der Waals surface area (Å²) in [6.45, 7) is 11.3. The summed E-state index contributed by atoms with van der Waals surface area (Å²) < 4.78 is 1.92. The van der Waals surface area contributed by atoms with Gasteiger partial charge in [0.1, 0.15) is 11.9 Å². The van der Waals surface area contributed by atoms with Gasteiger partial charge in [-0.15, -0.1) is 6.58 Å². The van der Waals surface area contributed by atoms with Crippen LogP contribution in [-0.4, -0.2) is 72.0 Å². The number of nitrogens with one attached hydrogen (secondary N) is 2. The Bertz CT molecular complexity index is 1010. The topological polar surface area (TPSA) is 93.4 Å². The zero-order valence-electron chi connectivity index (χ0n) is 18.7. The molecule has 1 aliphatic rings. The molecule has 1 fully saturated rings. The molecule has 1 saturated heterocycles. The molecule has 2 aromatic rings. The Kier molecular flexibility index (Phi) is 7.82. The quantitative estimate of drug-likeness (QED) is 0.619. The van der Waals surface area contributed by atoms with Crippen LogP contribution in [0.3, 0.4) is 0 Å². The van der Waals surface area contributed by atoms with Crippen molar-refractivity contribution >= 4 is 17.6 Å². The van der Waals surface area contributed by atoms with Crippen LogP contribution in [0.1, 0.15) is 16.8 Å². The lowest BCUT2D eigenvalue weighted by Crippen LogP contribution is -2.51. The van der Waals surface area contributed by atoms with Crippen LogP contribution in [-0.2, 0) is 9.59 Å². The van der Waals surface area contributed by atoms with Crippen LogP contribution in [0.5, 0.6) is 0 Å². The van der Waals surface area contributed by atoms with E-state index >= 15 is 0 Å². The smallest absolute Gasteiger partial charge is 0.239 e. The number of piperazine rings is 1. The van der Waals surface area contributed by atoms with Gasteiger partial charge in [0, 0.05) is 44.1 Å². The molecule has 168 valence electrons. The van der Waals surface area contributed by atoms with Gasteiger partial charge in [-0.1, -0.05) is 24.3 Å². The van der Waals surface area contributed by atoms with Crippen LogP contribution in [0.2, 0.25) is 0 Å². The first-order valence-electron chi connectivity index (χ1n) is 10.7. The van der Waals surface area contributed by atoms with Crippen molar-refractivity contribution in [1.29, 1.82) is 5.26 Å². The van der Waals surface area contributed by atoms with Crippen LogP contribution < -0.4 is 10.6 Å². The molecule has 0 unspecified atom stereocenters. The van der Waals surface area contributed by atoms with Gasteiger partial charge < -0.3 is 10.6 Å². The number of carbonyl (C=O) groups is 2. The van der Waals surface area contributed by atoms with Crippen LogP contribution in [0.25, 0.3) is 5.69 Å². The molecule has 8 nitrogen and oxygen atoms in total. The highest BCUT2D eigenvalue weighted by Crippen LogP contribution is 2.29. The van der Waals surface area contributed by atoms with E-state index in [1.807, 2.05) is 48.7 Å². The summed E-state index contributed by atoms with van der Waals surface area (Å²) >= 11 is 0. The molecule has 3 rings (SSSR count). The standard InChI is InChI=1S/C24H30N6O2/c1-4-10-26-22(31)16-28-11-13-29(14-12-28)17-23(32)27-24-21(15-25)18(2)19(3)30(24)20-8-6-5-7-9-20/h4-9H,1,10-14,16-17H2,2-3H3,(H,26,31)(H,27,32). The zero-order valence-corrected chi connectivity index (χ0v) is 18.7. The Labute approximate surface area is 189 Å². The highest BCUT2D eigenvalue weighted by atomic mass is 16.2. The Balaban J connectivity index is 1.63. The fourth-order valence-electron chi connectivity index (χ4n) is 3.89. The number of amides is 2. The molecule has 0 saturated carbocycles. The van der Waals surface area contributed by atoms with E-state index in [1.165, 1.54) is 0 Å². The number of nitrogens with zero attached hydrogens (tertiary/aromatic N) is 4. The molecule has 8 heteroatoms. The number of rotatable bonds is 8. The van der Waals surface area contributed by atoms with Crippen molar-refractivity contribution in [2.45, 2.75) is 13.8 Å². The van der Waals surface area contributed by atoms with Crippen molar-refractivity contribution in [1.82, 2.24) is 19.7 Å². The van der Waals surface area contributed by atoms with Gasteiger partial charge in [0.2, 0.25) is 11.8 Å². The molecular weight excluding hydrogens is 404 g/mol. The third kappa shape index (κ3) is 5.44. The van der Waals surface area contributed by atoms with Gasteiger partial charge in [-0.3, -0.25) is 24.0 Å². The minimum absolute atomic E-state index is 0.0208. The van der Waals surface area contributed by atoms with Crippen molar-refractivity contribution in [2.24, 2.45) is 0 Å². The minimum atomic E-state index is -0.159. The molecule has 0 atom stereocenters. The van der Waals surface area contributed by atoms with Gasteiger partial charge in [0.15, 0.2) is 0 Å². The Morgan fingerprint density at radius 1 is 1.06 bits per heavy atom. The van der Waals surface area contributed by atoms with Crippen LogP contribution in [0.15, 0.2) is 43.0 Å². The van der Waals surface area contributed by atoms with E-state index in [0.717, 1.165) is 30.0 Å². The average molecular weight is 435 g/mol. The minimum Gasteiger partial charge on any atom is -0.352 e. The second-order valence-electron chi connectivity index (χ2n) is 7.91. The van der Waals surface area contributed by atoms with E-state index < -0.39 is 0 Å². The zero-order chi connectivity index (χ0) is 23.1. The van der Waals surface area contributed by atoms with Gasteiger partial charge >= 0.3 is 0 Å². The first-order chi connectivity index (χ1) is 15.4. The largest absolute Gasteiger partial charge is 0.352 e. The van der Waals surface area contributed by atoms with Crippen LogP contribution >= 0.6 is 0 Å². The first-order valence-corrected chi connectivity index (χ1v) is 10.7. The Morgan fingerprint density at radius 2 is 1.66 bits per heavy atom. The maximum atomic E-state index is 12.9. The molecule has 0 bridgehead atoms.